The predicted octanol–water partition coefficient (Wildman–Crippen LogP) is 0.877. The van der Waals surface area contributed by atoms with Crippen LogP contribution in [0.3, 0.4) is 0 Å². The van der Waals surface area contributed by atoms with Gasteiger partial charge in [0, 0.05) is 24.4 Å². The van der Waals surface area contributed by atoms with Crippen LogP contribution < -0.4 is 5.32 Å². The van der Waals surface area contributed by atoms with Gasteiger partial charge in [0.25, 0.3) is 0 Å². The smallest absolute Gasteiger partial charge is 0.0490 e. The molecule has 1 fully saturated rings. The molecule has 0 aliphatic carbocycles. The number of hydrogen-bond donors (Lipinski definition) is 2. The summed E-state index contributed by atoms with van der Waals surface area (Å²) >= 11 is 0. The monoisotopic (exact) mass is 151 g/mol. The molecule has 3 heteroatoms. The fourth-order valence-electron chi connectivity index (χ4n) is 1.61. The number of H-pyrrole nitrogens is 1. The molecule has 2 heterocycles. The van der Waals surface area contributed by atoms with Crippen LogP contribution in [0, 0.1) is 0 Å². The summed E-state index contributed by atoms with van der Waals surface area (Å²) in [5, 5.41) is 10.3. The Kier molecular flexibility index (Phi) is 1.90. The second kappa shape index (κ2) is 3.05. The second-order valence-corrected chi connectivity index (χ2v) is 3.06. The van der Waals surface area contributed by atoms with E-state index < -0.39 is 0 Å². The van der Waals surface area contributed by atoms with Gasteiger partial charge in [0.2, 0.25) is 0 Å². The SMILES string of the molecule is c1cc(C2CCCNC2)[nH]n1. The Labute approximate surface area is 66.2 Å². The van der Waals surface area contributed by atoms with E-state index in [1.807, 2.05) is 6.20 Å². The quantitative estimate of drug-likeness (QED) is 0.625. The van der Waals surface area contributed by atoms with Crippen LogP contribution in [0.5, 0.6) is 0 Å². The number of aromatic amines is 1. The van der Waals surface area contributed by atoms with Crippen molar-refractivity contribution < 1.29 is 0 Å². The summed E-state index contributed by atoms with van der Waals surface area (Å²) in [4.78, 5) is 0. The number of nitrogens with zero attached hydrogens (tertiary/aromatic N) is 1. The molecular weight excluding hydrogens is 138 g/mol. The van der Waals surface area contributed by atoms with Crippen molar-refractivity contribution >= 4 is 0 Å². The zero-order valence-corrected chi connectivity index (χ0v) is 6.51. The maximum Gasteiger partial charge on any atom is 0.0490 e. The zero-order valence-electron chi connectivity index (χ0n) is 6.51. The maximum absolute atomic E-state index is 3.94. The molecule has 0 bridgehead atoms. The van der Waals surface area contributed by atoms with E-state index in [2.05, 4.69) is 21.6 Å². The van der Waals surface area contributed by atoms with E-state index in [9.17, 15) is 0 Å². The lowest BCUT2D eigenvalue weighted by Crippen LogP contribution is -2.28. The Morgan fingerprint density at radius 1 is 1.55 bits per heavy atom. The highest BCUT2D eigenvalue weighted by molar-refractivity contribution is 5.06. The number of nitrogens with one attached hydrogen (secondary N) is 2. The van der Waals surface area contributed by atoms with Crippen LogP contribution in [-0.2, 0) is 0 Å². The largest absolute Gasteiger partial charge is 0.316 e. The van der Waals surface area contributed by atoms with E-state index in [4.69, 9.17) is 0 Å². The predicted molar refractivity (Wildman–Crippen MR) is 43.4 cm³/mol. The van der Waals surface area contributed by atoms with Gasteiger partial charge in [0.15, 0.2) is 0 Å². The highest BCUT2D eigenvalue weighted by atomic mass is 15.1. The van der Waals surface area contributed by atoms with Crippen LogP contribution in [-0.4, -0.2) is 23.3 Å². The Morgan fingerprint density at radius 3 is 3.18 bits per heavy atom. The van der Waals surface area contributed by atoms with Crippen molar-refractivity contribution in [3.63, 3.8) is 0 Å². The summed E-state index contributed by atoms with van der Waals surface area (Å²) in [6, 6.07) is 2.07. The van der Waals surface area contributed by atoms with Gasteiger partial charge < -0.3 is 5.32 Å². The Balaban J connectivity index is 2.04. The standard InChI is InChI=1S/C8H13N3/c1-2-7(6-9-4-1)8-3-5-10-11-8/h3,5,7,9H,1-2,4,6H2,(H,10,11). The van der Waals surface area contributed by atoms with E-state index in [0.29, 0.717) is 5.92 Å². The van der Waals surface area contributed by atoms with Crippen molar-refractivity contribution in [1.82, 2.24) is 15.5 Å². The fourth-order valence-corrected chi connectivity index (χ4v) is 1.61. The third-order valence-electron chi connectivity index (χ3n) is 2.26. The van der Waals surface area contributed by atoms with E-state index in [1.165, 1.54) is 25.1 Å². The van der Waals surface area contributed by atoms with Crippen LogP contribution in [0.25, 0.3) is 0 Å². The minimum atomic E-state index is 0.659. The fraction of sp³-hybridized carbons (Fsp3) is 0.625. The average Bonchev–Trinajstić information content (AvgIpc) is 2.58. The summed E-state index contributed by atoms with van der Waals surface area (Å²) in [7, 11) is 0. The van der Waals surface area contributed by atoms with Crippen molar-refractivity contribution in [2.75, 3.05) is 13.1 Å². The molecular formula is C8H13N3. The first-order chi connectivity index (χ1) is 5.47. The molecule has 0 aromatic carbocycles. The first kappa shape index (κ1) is 6.85. The molecule has 0 radical (unpaired) electrons. The molecule has 2 N–H and O–H groups in total. The Hall–Kier alpha value is -0.830. The molecule has 2 rings (SSSR count). The maximum atomic E-state index is 3.94. The van der Waals surface area contributed by atoms with Gasteiger partial charge in [0.1, 0.15) is 0 Å². The number of hydrogen-bond acceptors (Lipinski definition) is 2. The summed E-state index contributed by atoms with van der Waals surface area (Å²) in [6.45, 7) is 2.27. The van der Waals surface area contributed by atoms with E-state index in [1.54, 1.807) is 0 Å². The van der Waals surface area contributed by atoms with Crippen molar-refractivity contribution in [1.29, 1.82) is 0 Å². The van der Waals surface area contributed by atoms with Gasteiger partial charge in [-0.2, -0.15) is 5.10 Å². The first-order valence-corrected chi connectivity index (χ1v) is 4.17. The summed E-state index contributed by atoms with van der Waals surface area (Å²) in [5.74, 6) is 0.659. The van der Waals surface area contributed by atoms with Gasteiger partial charge in [-0.1, -0.05) is 0 Å². The molecule has 1 aromatic rings. The van der Waals surface area contributed by atoms with Crippen molar-refractivity contribution in [3.05, 3.63) is 18.0 Å². The minimum Gasteiger partial charge on any atom is -0.316 e. The lowest BCUT2D eigenvalue weighted by molar-refractivity contribution is 0.454. The van der Waals surface area contributed by atoms with Crippen LogP contribution in [0.15, 0.2) is 12.3 Å². The summed E-state index contributed by atoms with van der Waals surface area (Å²) in [5.41, 5.74) is 1.28. The molecule has 60 valence electrons. The third kappa shape index (κ3) is 1.43. The van der Waals surface area contributed by atoms with Gasteiger partial charge in [-0.05, 0) is 25.5 Å². The van der Waals surface area contributed by atoms with Gasteiger partial charge in [-0.3, -0.25) is 5.10 Å². The number of rotatable bonds is 1. The topological polar surface area (TPSA) is 40.7 Å². The van der Waals surface area contributed by atoms with Gasteiger partial charge in [-0.15, -0.1) is 0 Å². The molecule has 0 amide bonds. The number of piperidine rings is 1. The first-order valence-electron chi connectivity index (χ1n) is 4.17. The van der Waals surface area contributed by atoms with Gasteiger partial charge in [-0.25, -0.2) is 0 Å². The highest BCUT2D eigenvalue weighted by Crippen LogP contribution is 2.20. The average molecular weight is 151 g/mol. The Morgan fingerprint density at radius 2 is 2.55 bits per heavy atom. The Bertz CT molecular complexity index is 199. The van der Waals surface area contributed by atoms with Crippen LogP contribution in [0.1, 0.15) is 24.5 Å². The zero-order chi connectivity index (χ0) is 7.52. The minimum absolute atomic E-state index is 0.659. The second-order valence-electron chi connectivity index (χ2n) is 3.06. The molecule has 1 aromatic heterocycles. The van der Waals surface area contributed by atoms with E-state index in [-0.39, 0.29) is 0 Å². The normalized spacial score (nSPS) is 25.3. The van der Waals surface area contributed by atoms with Crippen molar-refractivity contribution in [3.8, 4) is 0 Å². The molecule has 1 unspecified atom stereocenters. The molecule has 1 saturated heterocycles. The lowest BCUT2D eigenvalue weighted by atomic mass is 9.97. The van der Waals surface area contributed by atoms with E-state index >= 15 is 0 Å². The molecule has 1 atom stereocenters. The highest BCUT2D eigenvalue weighted by Gasteiger charge is 2.15. The molecule has 11 heavy (non-hydrogen) atoms. The molecule has 1 aliphatic rings. The lowest BCUT2D eigenvalue weighted by Gasteiger charge is -2.20. The molecule has 1 aliphatic heterocycles. The third-order valence-corrected chi connectivity index (χ3v) is 2.26. The summed E-state index contributed by atoms with van der Waals surface area (Å²) < 4.78 is 0. The molecule has 0 spiro atoms. The molecule has 3 nitrogen and oxygen atoms in total. The van der Waals surface area contributed by atoms with E-state index in [0.717, 1.165) is 6.54 Å². The number of aromatic nitrogens is 2. The summed E-state index contributed by atoms with van der Waals surface area (Å²) in [6.07, 6.45) is 4.39. The molecule has 0 saturated carbocycles. The van der Waals surface area contributed by atoms with Gasteiger partial charge >= 0.3 is 0 Å². The van der Waals surface area contributed by atoms with Crippen LogP contribution >= 0.6 is 0 Å². The van der Waals surface area contributed by atoms with Crippen LogP contribution in [0.2, 0.25) is 0 Å². The van der Waals surface area contributed by atoms with Crippen molar-refractivity contribution in [2.45, 2.75) is 18.8 Å². The van der Waals surface area contributed by atoms with Crippen LogP contribution in [0.4, 0.5) is 0 Å². The van der Waals surface area contributed by atoms with Crippen molar-refractivity contribution in [2.24, 2.45) is 0 Å². The van der Waals surface area contributed by atoms with Gasteiger partial charge in [0.05, 0.1) is 0 Å².